The highest BCUT2D eigenvalue weighted by atomic mass is 16.7. The molecule has 7 heteroatoms. The van der Waals surface area contributed by atoms with Gasteiger partial charge in [-0.05, 0) is 85.3 Å². The zero-order valence-electron chi connectivity index (χ0n) is 25.9. The molecule has 2 amide bonds. The first-order valence-electron chi connectivity index (χ1n) is 16.1. The van der Waals surface area contributed by atoms with Gasteiger partial charge in [0.15, 0.2) is 0 Å². The fourth-order valence-corrected chi connectivity index (χ4v) is 8.37. The summed E-state index contributed by atoms with van der Waals surface area (Å²) >= 11 is 0. The summed E-state index contributed by atoms with van der Waals surface area (Å²) in [5, 5.41) is 6.47. The molecule has 2 aromatic carbocycles. The molecule has 42 heavy (non-hydrogen) atoms. The highest BCUT2D eigenvalue weighted by molar-refractivity contribution is 6.48. The molecular formula is C35H47BN2O4. The average Bonchev–Trinajstić information content (AvgIpc) is 3.33. The lowest BCUT2D eigenvalue weighted by Gasteiger charge is -2.64. The standard InChI is InChI=1S/C35H47BN2O4/c1-22(2)17-31(36-41-30-21-27-20-29(34(27,3)4)35(30,5)42-36)38-33(40)28(18-23-11-7-6-8-12-23)37-32(39)26-16-15-24-13-9-10-14-25(24)19-26/h6-14,22,26-31H,15-21H2,1-5H3,(H,37,39)(H,38,40)/t26-,27?,28-,29?,30+,31-,35+/m0/s1. The Hall–Kier alpha value is -2.64. The minimum atomic E-state index is -0.683. The van der Waals surface area contributed by atoms with E-state index < -0.39 is 13.2 Å². The minimum Gasteiger partial charge on any atom is -0.404 e. The van der Waals surface area contributed by atoms with Crippen LogP contribution in [-0.2, 0) is 38.2 Å². The lowest BCUT2D eigenvalue weighted by atomic mass is 9.43. The number of fused-ring (bicyclic) bond motifs is 1. The van der Waals surface area contributed by atoms with E-state index in [4.69, 9.17) is 9.31 Å². The summed E-state index contributed by atoms with van der Waals surface area (Å²) in [4.78, 5) is 27.7. The molecule has 4 aliphatic carbocycles. The maximum Gasteiger partial charge on any atom is 0.481 e. The van der Waals surface area contributed by atoms with E-state index in [2.05, 4.69) is 63.5 Å². The normalized spacial score (nSPS) is 30.5. The number of rotatable bonds is 9. The van der Waals surface area contributed by atoms with Gasteiger partial charge < -0.3 is 19.9 Å². The van der Waals surface area contributed by atoms with E-state index in [1.54, 1.807) is 0 Å². The summed E-state index contributed by atoms with van der Waals surface area (Å²) in [5.74, 6) is 0.806. The lowest BCUT2D eigenvalue weighted by molar-refractivity contribution is -0.199. The summed E-state index contributed by atoms with van der Waals surface area (Å²) < 4.78 is 13.4. The van der Waals surface area contributed by atoms with E-state index in [9.17, 15) is 9.59 Å². The van der Waals surface area contributed by atoms with Crippen LogP contribution in [0.5, 0.6) is 0 Å². The third-order valence-electron chi connectivity index (χ3n) is 11.0. The molecular weight excluding hydrogens is 523 g/mol. The first kappa shape index (κ1) is 29.4. The van der Waals surface area contributed by atoms with Crippen LogP contribution in [0.2, 0.25) is 0 Å². The van der Waals surface area contributed by atoms with Crippen LogP contribution in [0.1, 0.15) is 77.0 Å². The SMILES string of the molecule is CC(C)C[C@H](NC(=O)[C@H](Cc1ccccc1)NC(=O)[C@H]1CCc2ccccc2C1)B1O[C@@H]2CC3CC(C3(C)C)[C@@]2(C)O1. The van der Waals surface area contributed by atoms with Gasteiger partial charge in [-0.1, -0.05) is 82.3 Å². The Labute approximate surface area is 251 Å². The summed E-state index contributed by atoms with van der Waals surface area (Å²) in [6.07, 6.45) is 5.81. The second kappa shape index (κ2) is 11.5. The van der Waals surface area contributed by atoms with Crippen molar-refractivity contribution < 1.29 is 18.9 Å². The van der Waals surface area contributed by atoms with Crippen LogP contribution in [0, 0.1) is 29.1 Å². The monoisotopic (exact) mass is 570 g/mol. The molecule has 2 bridgehead atoms. The number of nitrogens with one attached hydrogen (secondary N) is 2. The molecule has 4 fully saturated rings. The maximum atomic E-state index is 14.0. The number of hydrogen-bond donors (Lipinski definition) is 2. The van der Waals surface area contributed by atoms with E-state index in [1.165, 1.54) is 17.5 Å². The predicted molar refractivity (Wildman–Crippen MR) is 166 cm³/mol. The number of benzene rings is 2. The van der Waals surface area contributed by atoms with Gasteiger partial charge in [0.1, 0.15) is 6.04 Å². The van der Waals surface area contributed by atoms with Gasteiger partial charge in [-0.3, -0.25) is 9.59 Å². The molecule has 0 spiro atoms. The predicted octanol–water partition coefficient (Wildman–Crippen LogP) is 5.32. The van der Waals surface area contributed by atoms with Crippen molar-refractivity contribution in [1.82, 2.24) is 10.6 Å². The van der Waals surface area contributed by atoms with Gasteiger partial charge in [0.25, 0.3) is 0 Å². The van der Waals surface area contributed by atoms with Crippen molar-refractivity contribution in [3.05, 3.63) is 71.3 Å². The van der Waals surface area contributed by atoms with Crippen molar-refractivity contribution in [2.45, 2.75) is 103 Å². The van der Waals surface area contributed by atoms with Gasteiger partial charge in [0, 0.05) is 12.3 Å². The summed E-state index contributed by atoms with van der Waals surface area (Å²) in [7, 11) is -0.496. The van der Waals surface area contributed by atoms with Gasteiger partial charge in [0.05, 0.1) is 17.6 Å². The Kier molecular flexibility index (Phi) is 8.03. The quantitative estimate of drug-likeness (QED) is 0.401. The Morgan fingerprint density at radius 3 is 2.40 bits per heavy atom. The first-order valence-corrected chi connectivity index (χ1v) is 16.1. The minimum absolute atomic E-state index is 0.0464. The van der Waals surface area contributed by atoms with E-state index in [1.807, 2.05) is 36.4 Å². The lowest BCUT2D eigenvalue weighted by Crippen LogP contribution is -2.65. The Morgan fingerprint density at radius 1 is 0.976 bits per heavy atom. The molecule has 2 N–H and O–H groups in total. The molecule has 0 aromatic heterocycles. The van der Waals surface area contributed by atoms with E-state index in [0.717, 1.165) is 31.2 Å². The van der Waals surface area contributed by atoms with E-state index in [0.29, 0.717) is 30.6 Å². The van der Waals surface area contributed by atoms with Crippen LogP contribution in [-0.4, -0.2) is 42.6 Å². The molecule has 2 unspecified atom stereocenters. The van der Waals surface area contributed by atoms with Gasteiger partial charge in [-0.15, -0.1) is 0 Å². The third kappa shape index (κ3) is 5.55. The molecule has 1 saturated heterocycles. The summed E-state index contributed by atoms with van der Waals surface area (Å²) in [6, 6.07) is 17.6. The van der Waals surface area contributed by atoms with Crippen LogP contribution in [0.15, 0.2) is 54.6 Å². The number of hydrogen-bond acceptors (Lipinski definition) is 4. The third-order valence-corrected chi connectivity index (χ3v) is 11.0. The molecule has 7 rings (SSSR count). The van der Waals surface area contributed by atoms with Crippen molar-refractivity contribution >= 4 is 18.9 Å². The second-order valence-electron chi connectivity index (χ2n) is 14.5. The molecule has 3 saturated carbocycles. The van der Waals surface area contributed by atoms with Crippen LogP contribution < -0.4 is 10.6 Å². The van der Waals surface area contributed by atoms with Crippen LogP contribution >= 0.6 is 0 Å². The van der Waals surface area contributed by atoms with Crippen LogP contribution in [0.4, 0.5) is 0 Å². The fourth-order valence-electron chi connectivity index (χ4n) is 8.37. The molecule has 2 aromatic rings. The topological polar surface area (TPSA) is 76.7 Å². The molecule has 0 radical (unpaired) electrons. The first-order chi connectivity index (χ1) is 20.0. The molecule has 7 atom stereocenters. The van der Waals surface area contributed by atoms with E-state index >= 15 is 0 Å². The second-order valence-corrected chi connectivity index (χ2v) is 14.5. The molecule has 224 valence electrons. The summed E-state index contributed by atoms with van der Waals surface area (Å²) in [6.45, 7) is 11.3. The number of amides is 2. The van der Waals surface area contributed by atoms with Crippen molar-refractivity contribution in [2.75, 3.05) is 0 Å². The molecule has 5 aliphatic rings. The Morgan fingerprint density at radius 2 is 1.69 bits per heavy atom. The van der Waals surface area contributed by atoms with Gasteiger partial charge in [-0.25, -0.2) is 0 Å². The van der Waals surface area contributed by atoms with E-state index in [-0.39, 0.29) is 40.8 Å². The number of carbonyl (C=O) groups is 2. The highest BCUT2D eigenvalue weighted by Gasteiger charge is 2.68. The van der Waals surface area contributed by atoms with Gasteiger partial charge >= 0.3 is 7.12 Å². The molecule has 6 nitrogen and oxygen atoms in total. The largest absolute Gasteiger partial charge is 0.481 e. The van der Waals surface area contributed by atoms with Crippen molar-refractivity contribution in [3.63, 3.8) is 0 Å². The summed E-state index contributed by atoms with van der Waals surface area (Å²) in [5.41, 5.74) is 3.49. The highest BCUT2D eigenvalue weighted by Crippen LogP contribution is 2.65. The van der Waals surface area contributed by atoms with Crippen molar-refractivity contribution in [1.29, 1.82) is 0 Å². The molecule has 1 heterocycles. The fraction of sp³-hybridized carbons (Fsp3) is 0.600. The van der Waals surface area contributed by atoms with Crippen LogP contribution in [0.3, 0.4) is 0 Å². The Bertz CT molecular complexity index is 1300. The molecule has 1 aliphatic heterocycles. The maximum absolute atomic E-state index is 14.0. The Balaban J connectivity index is 1.18. The number of carbonyl (C=O) groups excluding carboxylic acids is 2. The van der Waals surface area contributed by atoms with Crippen LogP contribution in [0.25, 0.3) is 0 Å². The zero-order chi connectivity index (χ0) is 29.6. The van der Waals surface area contributed by atoms with Crippen molar-refractivity contribution in [3.8, 4) is 0 Å². The zero-order valence-corrected chi connectivity index (χ0v) is 25.9. The smallest absolute Gasteiger partial charge is 0.404 e. The number of aryl methyl sites for hydroxylation is 1. The average molecular weight is 571 g/mol. The van der Waals surface area contributed by atoms with Crippen molar-refractivity contribution in [2.24, 2.45) is 29.1 Å². The van der Waals surface area contributed by atoms with Gasteiger partial charge in [0.2, 0.25) is 11.8 Å². The van der Waals surface area contributed by atoms with Gasteiger partial charge in [-0.2, -0.15) is 0 Å².